The zero-order valence-electron chi connectivity index (χ0n) is 12.7. The van der Waals surface area contributed by atoms with Crippen molar-refractivity contribution in [1.82, 2.24) is 15.0 Å². The summed E-state index contributed by atoms with van der Waals surface area (Å²) in [6, 6.07) is 7.76. The van der Waals surface area contributed by atoms with Gasteiger partial charge in [-0.15, -0.1) is 0 Å². The third-order valence-corrected chi connectivity index (χ3v) is 4.80. The fraction of sp³-hybridized carbons (Fsp3) is 0.471. The van der Waals surface area contributed by atoms with E-state index in [2.05, 4.69) is 10.1 Å². The summed E-state index contributed by atoms with van der Waals surface area (Å²) in [6.07, 6.45) is 3.59. The van der Waals surface area contributed by atoms with Gasteiger partial charge in [-0.2, -0.15) is 4.98 Å². The highest BCUT2D eigenvalue weighted by molar-refractivity contribution is 6.30. The van der Waals surface area contributed by atoms with Crippen molar-refractivity contribution in [2.75, 3.05) is 13.1 Å². The lowest BCUT2D eigenvalue weighted by Crippen LogP contribution is -2.27. The quantitative estimate of drug-likeness (QED) is 0.844. The van der Waals surface area contributed by atoms with Gasteiger partial charge in [-0.05, 0) is 37.0 Å². The molecule has 2 aliphatic rings. The minimum atomic E-state index is 0.0349. The van der Waals surface area contributed by atoms with Crippen LogP contribution in [0.5, 0.6) is 0 Å². The highest BCUT2D eigenvalue weighted by Gasteiger charge is 2.36. The van der Waals surface area contributed by atoms with Crippen molar-refractivity contribution in [2.45, 2.75) is 37.5 Å². The van der Waals surface area contributed by atoms with Crippen LogP contribution in [-0.2, 0) is 11.2 Å². The maximum Gasteiger partial charge on any atom is 0.232 e. The Morgan fingerprint density at radius 1 is 1.22 bits per heavy atom. The average Bonchev–Trinajstić information content (AvgIpc) is 3.16. The van der Waals surface area contributed by atoms with Crippen molar-refractivity contribution in [3.05, 3.63) is 46.6 Å². The number of benzene rings is 1. The minimum absolute atomic E-state index is 0.0349. The monoisotopic (exact) mass is 331 g/mol. The molecule has 2 heterocycles. The van der Waals surface area contributed by atoms with E-state index in [0.717, 1.165) is 30.1 Å². The molecule has 1 saturated heterocycles. The molecule has 5 nitrogen and oxygen atoms in total. The fourth-order valence-electron chi connectivity index (χ4n) is 2.99. The first kappa shape index (κ1) is 14.7. The molecule has 0 spiro atoms. The summed E-state index contributed by atoms with van der Waals surface area (Å²) in [4.78, 5) is 18.6. The van der Waals surface area contributed by atoms with Crippen LogP contribution in [0.3, 0.4) is 0 Å². The smallest absolute Gasteiger partial charge is 0.232 e. The van der Waals surface area contributed by atoms with E-state index in [1.807, 2.05) is 29.2 Å². The molecular weight excluding hydrogens is 314 g/mol. The zero-order chi connectivity index (χ0) is 15.8. The number of hydrogen-bond donors (Lipinski definition) is 0. The van der Waals surface area contributed by atoms with Gasteiger partial charge in [0.2, 0.25) is 11.8 Å². The molecule has 1 amide bonds. The van der Waals surface area contributed by atoms with Crippen LogP contribution in [0.15, 0.2) is 28.8 Å². The Balaban J connectivity index is 1.36. The number of nitrogens with zero attached hydrogens (tertiary/aromatic N) is 3. The van der Waals surface area contributed by atoms with Crippen molar-refractivity contribution in [1.29, 1.82) is 0 Å². The first-order valence-corrected chi connectivity index (χ1v) is 8.42. The van der Waals surface area contributed by atoms with Crippen LogP contribution < -0.4 is 0 Å². The number of likely N-dealkylation sites (tertiary alicyclic amines) is 1. The van der Waals surface area contributed by atoms with Crippen molar-refractivity contribution in [3.63, 3.8) is 0 Å². The molecule has 2 fully saturated rings. The van der Waals surface area contributed by atoms with E-state index >= 15 is 0 Å². The molecular formula is C17H18ClN3O2. The molecule has 6 heteroatoms. The molecule has 1 aliphatic heterocycles. The third kappa shape index (κ3) is 3.24. The van der Waals surface area contributed by atoms with Gasteiger partial charge in [0.15, 0.2) is 5.82 Å². The van der Waals surface area contributed by atoms with Crippen LogP contribution in [0, 0.1) is 0 Å². The summed E-state index contributed by atoms with van der Waals surface area (Å²) in [5.41, 5.74) is 1.18. The topological polar surface area (TPSA) is 59.2 Å². The molecule has 120 valence electrons. The maximum atomic E-state index is 12.2. The molecule has 1 unspecified atom stereocenters. The number of rotatable bonds is 5. The van der Waals surface area contributed by atoms with E-state index in [1.165, 1.54) is 5.56 Å². The first-order valence-electron chi connectivity index (χ1n) is 8.05. The van der Waals surface area contributed by atoms with Crippen LogP contribution in [-0.4, -0.2) is 34.0 Å². The molecule has 1 atom stereocenters. The molecule has 2 aromatic rings. The van der Waals surface area contributed by atoms with Gasteiger partial charge >= 0.3 is 0 Å². The average molecular weight is 332 g/mol. The number of hydrogen-bond acceptors (Lipinski definition) is 4. The Morgan fingerprint density at radius 3 is 2.74 bits per heavy atom. The molecule has 0 N–H and O–H groups in total. The van der Waals surface area contributed by atoms with Gasteiger partial charge in [-0.25, -0.2) is 0 Å². The van der Waals surface area contributed by atoms with E-state index in [4.69, 9.17) is 16.1 Å². The number of amides is 1. The van der Waals surface area contributed by atoms with Gasteiger partial charge < -0.3 is 9.42 Å². The van der Waals surface area contributed by atoms with E-state index in [1.54, 1.807) is 0 Å². The molecule has 1 aromatic heterocycles. The van der Waals surface area contributed by atoms with Gasteiger partial charge in [0, 0.05) is 30.5 Å². The largest absolute Gasteiger partial charge is 0.342 e. The standard InChI is InChI=1S/C17H18ClN3O2/c18-14-5-1-11(2-6-14)7-8-21-10-13(9-15(21)22)17-19-16(20-23-17)12-3-4-12/h1-2,5-6,12-13H,3-4,7-10H2. The number of aromatic nitrogens is 2. The highest BCUT2D eigenvalue weighted by atomic mass is 35.5. The van der Waals surface area contributed by atoms with E-state index in [0.29, 0.717) is 31.3 Å². The lowest BCUT2D eigenvalue weighted by atomic mass is 10.1. The van der Waals surface area contributed by atoms with Crippen molar-refractivity contribution in [2.24, 2.45) is 0 Å². The van der Waals surface area contributed by atoms with Crippen LogP contribution >= 0.6 is 11.6 Å². The second kappa shape index (κ2) is 5.96. The predicted octanol–water partition coefficient (Wildman–Crippen LogP) is 3.16. The molecule has 0 radical (unpaired) electrons. The summed E-state index contributed by atoms with van der Waals surface area (Å²) in [5, 5.41) is 4.78. The molecule has 23 heavy (non-hydrogen) atoms. The lowest BCUT2D eigenvalue weighted by Gasteiger charge is -2.15. The molecule has 4 rings (SSSR count). The van der Waals surface area contributed by atoms with Gasteiger partial charge in [0.25, 0.3) is 0 Å². The molecule has 1 aromatic carbocycles. The van der Waals surface area contributed by atoms with E-state index < -0.39 is 0 Å². The SMILES string of the molecule is O=C1CC(c2nc(C3CC3)no2)CN1CCc1ccc(Cl)cc1. The summed E-state index contributed by atoms with van der Waals surface area (Å²) in [5.74, 6) is 2.11. The van der Waals surface area contributed by atoms with E-state index in [9.17, 15) is 4.79 Å². The Morgan fingerprint density at radius 2 is 2.00 bits per heavy atom. The normalized spacial score (nSPS) is 21.2. The van der Waals surface area contributed by atoms with Crippen molar-refractivity contribution < 1.29 is 9.32 Å². The minimum Gasteiger partial charge on any atom is -0.342 e. The zero-order valence-corrected chi connectivity index (χ0v) is 13.5. The van der Waals surface area contributed by atoms with Crippen molar-refractivity contribution >= 4 is 17.5 Å². The Kier molecular flexibility index (Phi) is 3.81. The van der Waals surface area contributed by atoms with Gasteiger partial charge in [-0.1, -0.05) is 28.9 Å². The molecule has 1 aliphatic carbocycles. The summed E-state index contributed by atoms with van der Waals surface area (Å²) in [6.45, 7) is 1.37. The number of halogens is 1. The lowest BCUT2D eigenvalue weighted by molar-refractivity contribution is -0.127. The fourth-order valence-corrected chi connectivity index (χ4v) is 3.12. The Labute approximate surface area is 139 Å². The van der Waals surface area contributed by atoms with Crippen LogP contribution in [0.25, 0.3) is 0 Å². The van der Waals surface area contributed by atoms with Crippen LogP contribution in [0.2, 0.25) is 5.02 Å². The van der Waals surface area contributed by atoms with Crippen LogP contribution in [0.1, 0.15) is 48.4 Å². The summed E-state index contributed by atoms with van der Waals surface area (Å²) < 4.78 is 5.37. The number of carbonyl (C=O) groups excluding carboxylic acids is 1. The van der Waals surface area contributed by atoms with Crippen LogP contribution in [0.4, 0.5) is 0 Å². The maximum absolute atomic E-state index is 12.2. The van der Waals surface area contributed by atoms with Gasteiger partial charge in [-0.3, -0.25) is 4.79 Å². The van der Waals surface area contributed by atoms with E-state index in [-0.39, 0.29) is 11.8 Å². The summed E-state index contributed by atoms with van der Waals surface area (Å²) >= 11 is 5.89. The predicted molar refractivity (Wildman–Crippen MR) is 85.4 cm³/mol. The first-order chi connectivity index (χ1) is 11.2. The molecule has 1 saturated carbocycles. The highest BCUT2D eigenvalue weighted by Crippen LogP contribution is 2.39. The second-order valence-electron chi connectivity index (χ2n) is 6.38. The second-order valence-corrected chi connectivity index (χ2v) is 6.82. The Hall–Kier alpha value is -1.88. The number of carbonyl (C=O) groups is 1. The third-order valence-electron chi connectivity index (χ3n) is 4.55. The van der Waals surface area contributed by atoms with Gasteiger partial charge in [0.1, 0.15) is 0 Å². The van der Waals surface area contributed by atoms with Crippen molar-refractivity contribution in [3.8, 4) is 0 Å². The summed E-state index contributed by atoms with van der Waals surface area (Å²) in [7, 11) is 0. The Bertz CT molecular complexity index is 709. The van der Waals surface area contributed by atoms with Gasteiger partial charge in [0.05, 0.1) is 5.92 Å². The molecule has 0 bridgehead atoms.